The van der Waals surface area contributed by atoms with E-state index in [2.05, 4.69) is 16.9 Å². The third-order valence-electron chi connectivity index (χ3n) is 1.56. The minimum atomic E-state index is -2.68. The molecular weight excluding hydrogens is 224 g/mol. The van der Waals surface area contributed by atoms with Crippen LogP contribution in [0.4, 0.5) is 8.78 Å². The Balaban J connectivity index is 5.06. The highest BCUT2D eigenvalue weighted by molar-refractivity contribution is 6.29. The Bertz CT molecular complexity index is 287. The van der Waals surface area contributed by atoms with Gasteiger partial charge >= 0.3 is 0 Å². The highest BCUT2D eigenvalue weighted by Crippen LogP contribution is 2.12. The summed E-state index contributed by atoms with van der Waals surface area (Å²) in [6.07, 6.45) is -1.37. The number of alkyl halides is 2. The Hall–Kier alpha value is -1.10. The molecule has 0 aliphatic rings. The van der Waals surface area contributed by atoms with Crippen molar-refractivity contribution in [3.05, 3.63) is 23.6 Å². The summed E-state index contributed by atoms with van der Waals surface area (Å²) in [5.41, 5.74) is 0.407. The van der Waals surface area contributed by atoms with Crippen molar-refractivity contribution in [2.45, 2.75) is 13.3 Å². The number of rotatable bonds is 4. The molecule has 0 aromatic heterocycles. The second-order valence-electron chi connectivity index (χ2n) is 2.71. The maximum atomic E-state index is 12.6. The van der Waals surface area contributed by atoms with Gasteiger partial charge in [0.25, 0.3) is 6.43 Å². The van der Waals surface area contributed by atoms with Crippen LogP contribution in [0.5, 0.6) is 0 Å². The van der Waals surface area contributed by atoms with Gasteiger partial charge in [0.1, 0.15) is 5.16 Å². The summed E-state index contributed by atoms with van der Waals surface area (Å²) >= 11 is 5.68. The zero-order valence-corrected chi connectivity index (χ0v) is 9.65. The molecule has 0 aliphatic heterocycles. The van der Waals surface area contributed by atoms with E-state index < -0.39 is 12.3 Å². The van der Waals surface area contributed by atoms with E-state index in [1.165, 1.54) is 13.2 Å². The van der Waals surface area contributed by atoms with Crippen LogP contribution in [0.25, 0.3) is 0 Å². The summed E-state index contributed by atoms with van der Waals surface area (Å²) in [7, 11) is 2.87. The molecule has 0 aromatic rings. The van der Waals surface area contributed by atoms with E-state index in [9.17, 15) is 8.78 Å². The van der Waals surface area contributed by atoms with Crippen LogP contribution < -0.4 is 5.32 Å². The van der Waals surface area contributed by atoms with Crippen molar-refractivity contribution in [2.24, 2.45) is 4.99 Å². The molecule has 0 heterocycles. The van der Waals surface area contributed by atoms with E-state index in [-0.39, 0.29) is 5.16 Å². The molecule has 0 bridgehead atoms. The number of hydrogen-bond donors (Lipinski definition) is 1. The topological polar surface area (TPSA) is 27.6 Å². The van der Waals surface area contributed by atoms with Gasteiger partial charge < -0.3 is 10.2 Å². The first kappa shape index (κ1) is 13.9. The predicted octanol–water partition coefficient (Wildman–Crippen LogP) is 2.37. The Labute approximate surface area is 93.1 Å². The lowest BCUT2D eigenvalue weighted by molar-refractivity contribution is 0.212. The number of nitrogens with zero attached hydrogens (tertiary/aromatic N) is 2. The molecule has 0 fully saturated rings. The first-order valence-corrected chi connectivity index (χ1v) is 4.56. The molecular formula is C9H14ClF2N3. The SMILES string of the molecule is C=C(C)N(/C=C(/Cl)NC)C(=NC)C(F)F. The molecule has 0 saturated carbocycles. The number of hydrogen-bond acceptors (Lipinski definition) is 2. The number of halogens is 3. The maximum Gasteiger partial charge on any atom is 0.295 e. The summed E-state index contributed by atoms with van der Waals surface area (Å²) < 4.78 is 25.1. The largest absolute Gasteiger partial charge is 0.378 e. The summed E-state index contributed by atoms with van der Waals surface area (Å²) in [6, 6.07) is 0. The summed E-state index contributed by atoms with van der Waals surface area (Å²) in [6.45, 7) is 5.16. The lowest BCUT2D eigenvalue weighted by atomic mass is 10.4. The fourth-order valence-corrected chi connectivity index (χ4v) is 0.958. The standard InChI is InChI=1S/C9H14ClF2N3/c1-6(2)15(5-7(10)13-3)9(14-4)8(11)12/h5,8,13H,1H2,2-4H3/b7-5-,14-9?. The van der Waals surface area contributed by atoms with Crippen molar-refractivity contribution >= 4 is 17.4 Å². The highest BCUT2D eigenvalue weighted by atomic mass is 35.5. The quantitative estimate of drug-likeness (QED) is 0.462. The minimum Gasteiger partial charge on any atom is -0.378 e. The van der Waals surface area contributed by atoms with E-state index in [0.29, 0.717) is 5.70 Å². The lowest BCUT2D eigenvalue weighted by Gasteiger charge is -2.21. The predicted molar refractivity (Wildman–Crippen MR) is 59.0 cm³/mol. The third-order valence-corrected chi connectivity index (χ3v) is 1.85. The van der Waals surface area contributed by atoms with Crippen LogP contribution >= 0.6 is 11.6 Å². The molecule has 3 nitrogen and oxygen atoms in total. The summed E-state index contributed by atoms with van der Waals surface area (Å²) in [5.74, 6) is -0.393. The third kappa shape index (κ3) is 4.29. The monoisotopic (exact) mass is 237 g/mol. The fourth-order valence-electron chi connectivity index (χ4n) is 0.860. The zero-order chi connectivity index (χ0) is 12.0. The van der Waals surface area contributed by atoms with Crippen molar-refractivity contribution in [2.75, 3.05) is 14.1 Å². The van der Waals surface area contributed by atoms with Crippen molar-refractivity contribution in [1.82, 2.24) is 10.2 Å². The number of nitrogens with one attached hydrogen (secondary N) is 1. The molecule has 0 atom stereocenters. The molecule has 0 aromatic carbocycles. The van der Waals surface area contributed by atoms with Gasteiger partial charge in [0.05, 0.1) is 0 Å². The molecule has 0 unspecified atom stereocenters. The van der Waals surface area contributed by atoms with Crippen LogP contribution in [0.3, 0.4) is 0 Å². The molecule has 0 saturated heterocycles. The van der Waals surface area contributed by atoms with Gasteiger partial charge in [-0.25, -0.2) is 8.78 Å². The van der Waals surface area contributed by atoms with Gasteiger partial charge in [-0.15, -0.1) is 0 Å². The number of allylic oxidation sites excluding steroid dienone is 1. The van der Waals surface area contributed by atoms with Crippen LogP contribution in [-0.2, 0) is 0 Å². The average Bonchev–Trinajstić information content (AvgIpc) is 2.16. The normalized spacial score (nSPS) is 13.0. The van der Waals surface area contributed by atoms with Crippen LogP contribution in [0.15, 0.2) is 28.6 Å². The van der Waals surface area contributed by atoms with Crippen molar-refractivity contribution in [3.8, 4) is 0 Å². The molecule has 0 amide bonds. The molecule has 0 aliphatic carbocycles. The molecule has 0 rings (SSSR count). The summed E-state index contributed by atoms with van der Waals surface area (Å²) in [4.78, 5) is 4.64. The Morgan fingerprint density at radius 3 is 2.40 bits per heavy atom. The molecule has 15 heavy (non-hydrogen) atoms. The molecule has 0 spiro atoms. The Morgan fingerprint density at radius 1 is 1.60 bits per heavy atom. The van der Waals surface area contributed by atoms with Gasteiger partial charge in [-0.2, -0.15) is 0 Å². The van der Waals surface area contributed by atoms with Gasteiger partial charge in [-0.3, -0.25) is 4.99 Å². The van der Waals surface area contributed by atoms with E-state index in [1.54, 1.807) is 14.0 Å². The maximum absolute atomic E-state index is 12.6. The van der Waals surface area contributed by atoms with Gasteiger partial charge in [0.2, 0.25) is 0 Å². The molecule has 0 radical (unpaired) electrons. The van der Waals surface area contributed by atoms with Gasteiger partial charge in [0.15, 0.2) is 5.84 Å². The Morgan fingerprint density at radius 2 is 2.13 bits per heavy atom. The lowest BCUT2D eigenvalue weighted by Crippen LogP contribution is -2.30. The first-order valence-electron chi connectivity index (χ1n) is 4.18. The number of aliphatic imine (C=N–C) groups is 1. The van der Waals surface area contributed by atoms with Crippen molar-refractivity contribution in [3.63, 3.8) is 0 Å². The average molecular weight is 238 g/mol. The second-order valence-corrected chi connectivity index (χ2v) is 3.12. The van der Waals surface area contributed by atoms with Crippen LogP contribution in [0.2, 0.25) is 0 Å². The zero-order valence-electron chi connectivity index (χ0n) is 8.89. The first-order chi connectivity index (χ1) is 6.93. The molecule has 6 heteroatoms. The van der Waals surface area contributed by atoms with Crippen molar-refractivity contribution in [1.29, 1.82) is 0 Å². The van der Waals surface area contributed by atoms with Crippen molar-refractivity contribution < 1.29 is 8.78 Å². The minimum absolute atomic E-state index is 0.222. The smallest absolute Gasteiger partial charge is 0.295 e. The van der Waals surface area contributed by atoms with E-state index >= 15 is 0 Å². The Kier molecular flexibility index (Phi) is 5.93. The second kappa shape index (κ2) is 6.40. The van der Waals surface area contributed by atoms with Gasteiger partial charge in [-0.05, 0) is 6.92 Å². The van der Waals surface area contributed by atoms with Gasteiger partial charge in [0, 0.05) is 26.0 Å². The van der Waals surface area contributed by atoms with E-state index in [1.807, 2.05) is 0 Å². The summed E-state index contributed by atoms with van der Waals surface area (Å²) in [5, 5.41) is 2.83. The molecule has 86 valence electrons. The number of amidine groups is 1. The fraction of sp³-hybridized carbons (Fsp3) is 0.444. The van der Waals surface area contributed by atoms with Crippen LogP contribution in [0.1, 0.15) is 6.92 Å². The molecule has 1 N–H and O–H groups in total. The highest BCUT2D eigenvalue weighted by Gasteiger charge is 2.19. The van der Waals surface area contributed by atoms with E-state index in [4.69, 9.17) is 11.6 Å². The van der Waals surface area contributed by atoms with Crippen LogP contribution in [-0.4, -0.2) is 31.3 Å². The van der Waals surface area contributed by atoms with Crippen LogP contribution in [0, 0.1) is 0 Å². The van der Waals surface area contributed by atoms with E-state index in [0.717, 1.165) is 4.90 Å². The van der Waals surface area contributed by atoms with Gasteiger partial charge in [-0.1, -0.05) is 18.2 Å².